The number of benzene rings is 1. The van der Waals surface area contributed by atoms with Crippen molar-refractivity contribution in [1.82, 2.24) is 0 Å². The average Bonchev–Trinajstić information content (AvgIpc) is 2.21. The number of hydrogen-bond acceptors (Lipinski definition) is 2. The molecule has 63 valence electrons. The van der Waals surface area contributed by atoms with Gasteiger partial charge in [0, 0.05) is 17.3 Å². The fraction of sp³-hybridized carbons (Fsp3) is 0.300. The zero-order valence-corrected chi connectivity index (χ0v) is 8.46. The van der Waals surface area contributed by atoms with E-state index in [9.17, 15) is 0 Å². The molecule has 1 fully saturated rings. The molecule has 12 heavy (non-hydrogen) atoms. The fourth-order valence-electron chi connectivity index (χ4n) is 1.22. The van der Waals surface area contributed by atoms with Gasteiger partial charge in [0.2, 0.25) is 0 Å². The van der Waals surface area contributed by atoms with Crippen molar-refractivity contribution in [2.24, 2.45) is 0 Å². The van der Waals surface area contributed by atoms with Gasteiger partial charge in [-0.2, -0.15) is 11.8 Å². The molecule has 0 saturated carbocycles. The van der Waals surface area contributed by atoms with E-state index in [2.05, 4.69) is 30.3 Å². The van der Waals surface area contributed by atoms with E-state index in [-0.39, 0.29) is 0 Å². The predicted molar refractivity (Wildman–Crippen MR) is 58.6 cm³/mol. The Balaban J connectivity index is 2.08. The summed E-state index contributed by atoms with van der Waals surface area (Å²) in [7, 11) is 0. The number of hydrogen-bond donors (Lipinski definition) is 0. The second kappa shape index (κ2) is 4.24. The number of rotatable bonds is 1. The quantitative estimate of drug-likeness (QED) is 0.675. The Kier molecular flexibility index (Phi) is 3.01. The van der Waals surface area contributed by atoms with Gasteiger partial charge < -0.3 is 0 Å². The van der Waals surface area contributed by atoms with Crippen LogP contribution in [0.15, 0.2) is 30.3 Å². The molecule has 0 bridgehead atoms. The monoisotopic (exact) mass is 195 g/mol. The van der Waals surface area contributed by atoms with Gasteiger partial charge in [-0.3, -0.25) is 0 Å². The molecule has 1 heterocycles. The lowest BCUT2D eigenvalue weighted by atomic mass is 10.2. The summed E-state index contributed by atoms with van der Waals surface area (Å²) >= 11 is 4.05. The normalized spacial score (nSPS) is 19.3. The van der Waals surface area contributed by atoms with Gasteiger partial charge >= 0.3 is 0 Å². The van der Waals surface area contributed by atoms with E-state index in [1.54, 1.807) is 5.25 Å². The minimum absolute atomic E-state index is 1.20. The zero-order chi connectivity index (χ0) is 8.23. The first-order valence-electron chi connectivity index (χ1n) is 4.08. The van der Waals surface area contributed by atoms with Gasteiger partial charge in [0.15, 0.2) is 0 Å². The standard InChI is InChI=1S/C10H11S2/c1-2-4-9(5-3-1)10-8-11-6-7-12-10/h1-5H,6-8H2. The maximum atomic E-state index is 2.20. The summed E-state index contributed by atoms with van der Waals surface area (Å²) in [4.78, 5) is 0. The van der Waals surface area contributed by atoms with Crippen LogP contribution in [0, 0.1) is 5.25 Å². The van der Waals surface area contributed by atoms with Crippen molar-refractivity contribution in [2.75, 3.05) is 17.3 Å². The summed E-state index contributed by atoms with van der Waals surface area (Å²) in [6.45, 7) is 0. The average molecular weight is 195 g/mol. The Morgan fingerprint density at radius 1 is 1.00 bits per heavy atom. The van der Waals surface area contributed by atoms with E-state index in [1.807, 2.05) is 23.5 Å². The second-order valence-electron chi connectivity index (χ2n) is 2.69. The molecule has 0 atom stereocenters. The van der Waals surface area contributed by atoms with Crippen LogP contribution in [0.25, 0.3) is 0 Å². The van der Waals surface area contributed by atoms with Crippen molar-refractivity contribution < 1.29 is 0 Å². The molecule has 1 aliphatic rings. The molecule has 0 N–H and O–H groups in total. The van der Waals surface area contributed by atoms with Crippen molar-refractivity contribution in [1.29, 1.82) is 0 Å². The van der Waals surface area contributed by atoms with Gasteiger partial charge in [0.25, 0.3) is 0 Å². The summed E-state index contributed by atoms with van der Waals surface area (Å²) < 4.78 is 0. The van der Waals surface area contributed by atoms with E-state index >= 15 is 0 Å². The van der Waals surface area contributed by atoms with Gasteiger partial charge in [-0.1, -0.05) is 30.3 Å². The molecule has 0 aliphatic carbocycles. The molecule has 0 spiro atoms. The van der Waals surface area contributed by atoms with Crippen LogP contribution in [-0.2, 0) is 0 Å². The molecule has 0 nitrogen and oxygen atoms in total. The first-order chi connectivity index (χ1) is 5.97. The van der Waals surface area contributed by atoms with E-state index in [0.717, 1.165) is 0 Å². The summed E-state index contributed by atoms with van der Waals surface area (Å²) in [5, 5.41) is 1.55. The van der Waals surface area contributed by atoms with Crippen molar-refractivity contribution in [3.8, 4) is 0 Å². The van der Waals surface area contributed by atoms with Crippen molar-refractivity contribution in [3.63, 3.8) is 0 Å². The largest absolute Gasteiger partial charge is 0.159 e. The molecule has 0 aromatic heterocycles. The maximum absolute atomic E-state index is 2.20. The summed E-state index contributed by atoms with van der Waals surface area (Å²) in [5.41, 5.74) is 1.41. The van der Waals surface area contributed by atoms with E-state index in [0.29, 0.717) is 0 Å². The lowest BCUT2D eigenvalue weighted by Gasteiger charge is -2.19. The fourth-order valence-corrected chi connectivity index (χ4v) is 3.65. The summed E-state index contributed by atoms with van der Waals surface area (Å²) in [6.07, 6.45) is 0. The van der Waals surface area contributed by atoms with Crippen LogP contribution in [0.5, 0.6) is 0 Å². The highest BCUT2D eigenvalue weighted by Crippen LogP contribution is 2.35. The van der Waals surface area contributed by atoms with Gasteiger partial charge in [-0.25, -0.2) is 0 Å². The minimum Gasteiger partial charge on any atom is -0.159 e. The van der Waals surface area contributed by atoms with Gasteiger partial charge in [-0.15, -0.1) is 11.8 Å². The van der Waals surface area contributed by atoms with Crippen molar-refractivity contribution in [3.05, 3.63) is 41.1 Å². The number of thioether (sulfide) groups is 2. The summed E-state index contributed by atoms with van der Waals surface area (Å²) in [5.74, 6) is 3.78. The molecular weight excluding hydrogens is 184 g/mol. The highest BCUT2D eigenvalue weighted by molar-refractivity contribution is 8.08. The Morgan fingerprint density at radius 3 is 2.50 bits per heavy atom. The van der Waals surface area contributed by atoms with E-state index in [4.69, 9.17) is 0 Å². The van der Waals surface area contributed by atoms with Crippen LogP contribution in [0.1, 0.15) is 5.56 Å². The summed E-state index contributed by atoms with van der Waals surface area (Å²) in [6, 6.07) is 10.7. The maximum Gasteiger partial charge on any atom is 0.0693 e. The molecular formula is C10H11S2. The third kappa shape index (κ3) is 1.99. The van der Waals surface area contributed by atoms with Crippen LogP contribution in [0.4, 0.5) is 0 Å². The first-order valence-corrected chi connectivity index (χ1v) is 6.22. The molecule has 1 aromatic rings. The van der Waals surface area contributed by atoms with Crippen molar-refractivity contribution >= 4 is 23.5 Å². The third-order valence-corrected chi connectivity index (χ3v) is 4.40. The molecule has 0 amide bonds. The SMILES string of the molecule is c1ccc([C]2CSCCS2)cc1. The zero-order valence-electron chi connectivity index (χ0n) is 6.82. The van der Waals surface area contributed by atoms with Crippen LogP contribution in [-0.4, -0.2) is 17.3 Å². The van der Waals surface area contributed by atoms with Crippen molar-refractivity contribution in [2.45, 2.75) is 0 Å². The molecule has 2 rings (SSSR count). The van der Waals surface area contributed by atoms with Gasteiger partial charge in [-0.05, 0) is 5.56 Å². The molecule has 0 unspecified atom stereocenters. The van der Waals surface area contributed by atoms with Gasteiger partial charge in [0.1, 0.15) is 0 Å². The van der Waals surface area contributed by atoms with Crippen LogP contribution in [0.3, 0.4) is 0 Å². The molecule has 1 aromatic carbocycles. The smallest absolute Gasteiger partial charge is 0.0693 e. The molecule has 1 aliphatic heterocycles. The van der Waals surface area contributed by atoms with Crippen LogP contribution < -0.4 is 0 Å². The van der Waals surface area contributed by atoms with Crippen LogP contribution >= 0.6 is 23.5 Å². The van der Waals surface area contributed by atoms with E-state index < -0.39 is 0 Å². The minimum atomic E-state index is 1.20. The lowest BCUT2D eigenvalue weighted by molar-refractivity contribution is 1.34. The van der Waals surface area contributed by atoms with Gasteiger partial charge in [0.05, 0.1) is 5.25 Å². The molecule has 2 heteroatoms. The van der Waals surface area contributed by atoms with E-state index in [1.165, 1.54) is 22.8 Å². The molecule has 1 saturated heterocycles. The Labute approximate surface area is 82.1 Å². The first kappa shape index (κ1) is 8.52. The highest BCUT2D eigenvalue weighted by Gasteiger charge is 2.16. The predicted octanol–water partition coefficient (Wildman–Crippen LogP) is 3.05. The van der Waals surface area contributed by atoms with Crippen LogP contribution in [0.2, 0.25) is 0 Å². The topological polar surface area (TPSA) is 0 Å². The Bertz CT molecular complexity index is 227. The second-order valence-corrected chi connectivity index (χ2v) is 4.99. The third-order valence-electron chi connectivity index (χ3n) is 1.83. The lowest BCUT2D eigenvalue weighted by Crippen LogP contribution is -2.06. The Hall–Kier alpha value is -0.0800. The highest BCUT2D eigenvalue weighted by atomic mass is 32.2. The molecule has 1 radical (unpaired) electrons. The Morgan fingerprint density at radius 2 is 1.83 bits per heavy atom.